The van der Waals surface area contributed by atoms with Crippen LogP contribution in [0.15, 0.2) is 0 Å². The molecule has 0 fully saturated rings. The highest BCUT2D eigenvalue weighted by Crippen LogP contribution is 2.44. The molecule has 2 rings (SSSR count). The Hall–Kier alpha value is -0.150. The number of nitrogens with zero attached hydrogens (tertiary/aromatic N) is 1. The maximum absolute atomic E-state index is 11.7. The van der Waals surface area contributed by atoms with E-state index in [0.717, 1.165) is 0 Å². The molecule has 15 heavy (non-hydrogen) atoms. The predicted molar refractivity (Wildman–Crippen MR) is 62.3 cm³/mol. The highest BCUT2D eigenvalue weighted by Gasteiger charge is 2.32. The number of halogens is 4. The lowest BCUT2D eigenvalue weighted by Crippen LogP contribution is -2.17. The zero-order chi connectivity index (χ0) is 11.3. The molecule has 2 nitrogen and oxygen atoms in total. The average molecular weight is 285 g/mol. The smallest absolute Gasteiger partial charge is 0.255 e. The second kappa shape index (κ2) is 3.70. The Morgan fingerprint density at radius 1 is 1.00 bits per heavy atom. The first kappa shape index (κ1) is 11.3. The summed E-state index contributed by atoms with van der Waals surface area (Å²) in [5.41, 5.74) is 1.00. The monoisotopic (exact) mass is 283 g/mol. The molecule has 1 aliphatic rings. The Labute approximate surface area is 107 Å². The summed E-state index contributed by atoms with van der Waals surface area (Å²) >= 11 is 23.7. The van der Waals surface area contributed by atoms with Crippen LogP contribution in [0.4, 0.5) is 0 Å². The van der Waals surface area contributed by atoms with Gasteiger partial charge in [0.15, 0.2) is 0 Å². The van der Waals surface area contributed by atoms with Crippen molar-refractivity contribution < 1.29 is 4.79 Å². The zero-order valence-corrected chi connectivity index (χ0v) is 10.6. The van der Waals surface area contributed by atoms with Crippen molar-refractivity contribution >= 4 is 52.3 Å². The number of rotatable bonds is 0. The molecule has 1 amide bonds. The van der Waals surface area contributed by atoms with Gasteiger partial charge < -0.3 is 4.90 Å². The maximum Gasteiger partial charge on any atom is 0.255 e. The van der Waals surface area contributed by atoms with Crippen molar-refractivity contribution in [2.24, 2.45) is 0 Å². The summed E-state index contributed by atoms with van der Waals surface area (Å²) in [4.78, 5) is 13.2. The summed E-state index contributed by atoms with van der Waals surface area (Å²) in [7, 11) is 1.66. The molecule has 0 saturated heterocycles. The first-order valence-electron chi connectivity index (χ1n) is 4.05. The second-order valence-electron chi connectivity index (χ2n) is 3.27. The Morgan fingerprint density at radius 3 is 2.13 bits per heavy atom. The summed E-state index contributed by atoms with van der Waals surface area (Å²) in [5.74, 6) is -0.185. The lowest BCUT2D eigenvalue weighted by atomic mass is 10.1. The van der Waals surface area contributed by atoms with Crippen LogP contribution in [-0.2, 0) is 6.54 Å². The van der Waals surface area contributed by atoms with Crippen LogP contribution in [0.5, 0.6) is 0 Å². The van der Waals surface area contributed by atoms with Gasteiger partial charge in [-0.2, -0.15) is 0 Å². The number of hydrogen-bond donors (Lipinski definition) is 0. The van der Waals surface area contributed by atoms with Crippen LogP contribution in [0.25, 0.3) is 0 Å². The highest BCUT2D eigenvalue weighted by molar-refractivity contribution is 6.53. The molecule has 1 aromatic rings. The molecule has 6 heteroatoms. The van der Waals surface area contributed by atoms with Crippen molar-refractivity contribution in [2.45, 2.75) is 6.54 Å². The van der Waals surface area contributed by atoms with Gasteiger partial charge in [0.1, 0.15) is 0 Å². The standard InChI is InChI=1S/C9H5Cl4NO/c1-14-2-3-4(9(14)15)6(11)8(13)7(12)5(3)10/h2H2,1H3. The van der Waals surface area contributed by atoms with Crippen LogP contribution in [0.1, 0.15) is 15.9 Å². The highest BCUT2D eigenvalue weighted by atomic mass is 35.5. The van der Waals surface area contributed by atoms with Crippen molar-refractivity contribution in [2.75, 3.05) is 7.05 Å². The minimum Gasteiger partial charge on any atom is -0.337 e. The number of carbonyl (C=O) groups is 1. The second-order valence-corrected chi connectivity index (χ2v) is 4.78. The third kappa shape index (κ3) is 1.51. The van der Waals surface area contributed by atoms with Gasteiger partial charge in [0.2, 0.25) is 0 Å². The lowest BCUT2D eigenvalue weighted by Gasteiger charge is -2.07. The molecular formula is C9H5Cl4NO. The van der Waals surface area contributed by atoms with Gasteiger partial charge in [0.05, 0.1) is 25.7 Å². The van der Waals surface area contributed by atoms with Crippen LogP contribution in [0, 0.1) is 0 Å². The van der Waals surface area contributed by atoms with Crippen molar-refractivity contribution in [3.63, 3.8) is 0 Å². The van der Waals surface area contributed by atoms with Crippen LogP contribution in [-0.4, -0.2) is 17.9 Å². The summed E-state index contributed by atoms with van der Waals surface area (Å²) in [6.45, 7) is 0.406. The number of hydrogen-bond acceptors (Lipinski definition) is 1. The van der Waals surface area contributed by atoms with Gasteiger partial charge in [-0.15, -0.1) is 0 Å². The fraction of sp³-hybridized carbons (Fsp3) is 0.222. The molecule has 0 aliphatic carbocycles. The van der Waals surface area contributed by atoms with E-state index in [1.807, 2.05) is 0 Å². The first-order valence-corrected chi connectivity index (χ1v) is 5.56. The van der Waals surface area contributed by atoms with E-state index >= 15 is 0 Å². The zero-order valence-electron chi connectivity index (χ0n) is 7.57. The van der Waals surface area contributed by atoms with Gasteiger partial charge in [0, 0.05) is 19.2 Å². The van der Waals surface area contributed by atoms with E-state index in [0.29, 0.717) is 22.7 Å². The molecule has 0 saturated carbocycles. The molecule has 0 aromatic heterocycles. The number of fused-ring (bicyclic) bond motifs is 1. The van der Waals surface area contributed by atoms with Gasteiger partial charge >= 0.3 is 0 Å². The summed E-state index contributed by atoms with van der Waals surface area (Å²) in [6.07, 6.45) is 0. The van der Waals surface area contributed by atoms with Gasteiger partial charge in [0.25, 0.3) is 5.91 Å². The van der Waals surface area contributed by atoms with Crippen molar-refractivity contribution in [1.82, 2.24) is 4.90 Å². The molecule has 80 valence electrons. The summed E-state index contributed by atoms with van der Waals surface area (Å²) < 4.78 is 0. The number of amides is 1. The normalized spacial score (nSPS) is 14.7. The largest absolute Gasteiger partial charge is 0.337 e. The Balaban J connectivity index is 2.81. The number of benzene rings is 1. The molecule has 1 heterocycles. The van der Waals surface area contributed by atoms with Gasteiger partial charge in [-0.25, -0.2) is 0 Å². The predicted octanol–water partition coefficient (Wildman–Crippen LogP) is 3.89. The number of carbonyl (C=O) groups excluding carboxylic acids is 1. The molecule has 0 radical (unpaired) electrons. The SMILES string of the molecule is CN1Cc2c(Cl)c(Cl)c(Cl)c(Cl)c2C1=O. The van der Waals surface area contributed by atoms with Crippen molar-refractivity contribution in [3.05, 3.63) is 31.2 Å². The Bertz CT molecular complexity index is 472. The van der Waals surface area contributed by atoms with E-state index < -0.39 is 0 Å². The quantitative estimate of drug-likeness (QED) is 0.523. The minimum absolute atomic E-state index is 0.130. The van der Waals surface area contributed by atoms with E-state index in [9.17, 15) is 4.79 Å². The molecule has 1 aromatic carbocycles. The maximum atomic E-state index is 11.7. The molecule has 1 aliphatic heterocycles. The minimum atomic E-state index is -0.185. The van der Waals surface area contributed by atoms with E-state index in [1.165, 1.54) is 4.90 Å². The first-order chi connectivity index (χ1) is 6.95. The fourth-order valence-electron chi connectivity index (χ4n) is 1.55. The summed E-state index contributed by atoms with van der Waals surface area (Å²) in [6, 6.07) is 0. The fourth-order valence-corrected chi connectivity index (χ4v) is 2.58. The molecule has 0 bridgehead atoms. The van der Waals surface area contributed by atoms with Crippen molar-refractivity contribution in [1.29, 1.82) is 0 Å². The van der Waals surface area contributed by atoms with Crippen molar-refractivity contribution in [3.8, 4) is 0 Å². The molecular weight excluding hydrogens is 280 g/mol. The van der Waals surface area contributed by atoms with E-state index in [2.05, 4.69) is 0 Å². The molecule has 0 atom stereocenters. The van der Waals surface area contributed by atoms with E-state index in [-0.39, 0.29) is 21.0 Å². The van der Waals surface area contributed by atoms with Gasteiger partial charge in [-0.1, -0.05) is 46.4 Å². The topological polar surface area (TPSA) is 20.3 Å². The Morgan fingerprint density at radius 2 is 1.53 bits per heavy atom. The van der Waals surface area contributed by atoms with E-state index in [4.69, 9.17) is 46.4 Å². The van der Waals surface area contributed by atoms with Crippen LogP contribution >= 0.6 is 46.4 Å². The van der Waals surface area contributed by atoms with E-state index in [1.54, 1.807) is 7.05 Å². The molecule has 0 spiro atoms. The molecule has 0 unspecified atom stereocenters. The third-order valence-electron chi connectivity index (χ3n) is 2.32. The Kier molecular flexibility index (Phi) is 2.80. The van der Waals surface area contributed by atoms with Crippen LogP contribution < -0.4 is 0 Å². The lowest BCUT2D eigenvalue weighted by molar-refractivity contribution is 0.0816. The molecule has 0 N–H and O–H groups in total. The van der Waals surface area contributed by atoms with Crippen LogP contribution in [0.3, 0.4) is 0 Å². The van der Waals surface area contributed by atoms with Crippen LogP contribution in [0.2, 0.25) is 20.1 Å². The van der Waals surface area contributed by atoms with Gasteiger partial charge in [-0.05, 0) is 0 Å². The average Bonchev–Trinajstić information content (AvgIpc) is 2.50. The van der Waals surface area contributed by atoms with Gasteiger partial charge in [-0.3, -0.25) is 4.79 Å². The summed E-state index contributed by atoms with van der Waals surface area (Å²) in [5, 5.41) is 0.810. The third-order valence-corrected chi connectivity index (χ3v) is 4.16.